The summed E-state index contributed by atoms with van der Waals surface area (Å²) in [5.41, 5.74) is 3.57. The second kappa shape index (κ2) is 6.03. The maximum absolute atomic E-state index is 13.2. The fourth-order valence-electron chi connectivity index (χ4n) is 2.66. The zero-order chi connectivity index (χ0) is 16.5. The number of rotatable bonds is 5. The Morgan fingerprint density at radius 2 is 2.17 bits per heavy atom. The number of hydrogen-bond acceptors (Lipinski definition) is 5. The van der Waals surface area contributed by atoms with Crippen molar-refractivity contribution in [2.24, 2.45) is 0 Å². The molecule has 1 aliphatic carbocycles. The van der Waals surface area contributed by atoms with Gasteiger partial charge in [-0.1, -0.05) is 17.3 Å². The van der Waals surface area contributed by atoms with Crippen molar-refractivity contribution in [1.29, 1.82) is 0 Å². The zero-order valence-corrected chi connectivity index (χ0v) is 13.3. The van der Waals surface area contributed by atoms with E-state index >= 15 is 0 Å². The van der Waals surface area contributed by atoms with Gasteiger partial charge in [0.15, 0.2) is 5.76 Å². The number of nitrogens with one attached hydrogen (secondary N) is 1. The SMILES string of the molecule is Cc1cc(-c2cnc(NCc3cccc(F)c3)nc2C2CC2)on1. The van der Waals surface area contributed by atoms with Crippen LogP contribution in [0.25, 0.3) is 11.3 Å². The summed E-state index contributed by atoms with van der Waals surface area (Å²) >= 11 is 0. The van der Waals surface area contributed by atoms with E-state index in [0.29, 0.717) is 24.2 Å². The van der Waals surface area contributed by atoms with Gasteiger partial charge >= 0.3 is 0 Å². The molecule has 1 N–H and O–H groups in total. The lowest BCUT2D eigenvalue weighted by Crippen LogP contribution is -2.06. The molecule has 3 aromatic rings. The van der Waals surface area contributed by atoms with Crippen LogP contribution in [-0.2, 0) is 6.54 Å². The van der Waals surface area contributed by atoms with E-state index in [1.165, 1.54) is 12.1 Å². The molecule has 0 saturated heterocycles. The summed E-state index contributed by atoms with van der Waals surface area (Å²) in [6.45, 7) is 2.36. The van der Waals surface area contributed by atoms with Gasteiger partial charge in [-0.2, -0.15) is 0 Å². The lowest BCUT2D eigenvalue weighted by molar-refractivity contribution is 0.426. The van der Waals surface area contributed by atoms with Gasteiger partial charge < -0.3 is 9.84 Å². The van der Waals surface area contributed by atoms with Crippen molar-refractivity contribution >= 4 is 5.95 Å². The predicted octanol–water partition coefficient (Wildman–Crippen LogP) is 4.07. The van der Waals surface area contributed by atoms with Crippen LogP contribution in [0.1, 0.15) is 35.7 Å². The van der Waals surface area contributed by atoms with Crippen LogP contribution in [0, 0.1) is 12.7 Å². The van der Waals surface area contributed by atoms with E-state index < -0.39 is 0 Å². The third-order valence-electron chi connectivity index (χ3n) is 4.02. The Bertz CT molecular complexity index is 873. The van der Waals surface area contributed by atoms with E-state index in [-0.39, 0.29) is 5.82 Å². The molecule has 2 aromatic heterocycles. The summed E-state index contributed by atoms with van der Waals surface area (Å²) in [7, 11) is 0. The highest BCUT2D eigenvalue weighted by atomic mass is 19.1. The standard InChI is InChI=1S/C18H17FN4O/c1-11-7-16(24-23-11)15-10-21-18(22-17(15)13-5-6-13)20-9-12-3-2-4-14(19)8-12/h2-4,7-8,10,13H,5-6,9H2,1H3,(H,20,21,22). The highest BCUT2D eigenvalue weighted by Crippen LogP contribution is 2.43. The van der Waals surface area contributed by atoms with Gasteiger partial charge in [-0.15, -0.1) is 0 Å². The van der Waals surface area contributed by atoms with Crippen molar-refractivity contribution in [1.82, 2.24) is 15.1 Å². The Morgan fingerprint density at radius 1 is 1.29 bits per heavy atom. The molecule has 1 aliphatic rings. The molecule has 2 heterocycles. The molecule has 0 spiro atoms. The zero-order valence-electron chi connectivity index (χ0n) is 13.3. The molecule has 0 aliphatic heterocycles. The first-order valence-electron chi connectivity index (χ1n) is 7.98. The lowest BCUT2D eigenvalue weighted by Gasteiger charge is -2.09. The van der Waals surface area contributed by atoms with E-state index in [9.17, 15) is 4.39 Å². The maximum atomic E-state index is 13.2. The number of aromatic nitrogens is 3. The smallest absolute Gasteiger partial charge is 0.223 e. The number of nitrogens with zero attached hydrogens (tertiary/aromatic N) is 3. The van der Waals surface area contributed by atoms with E-state index in [2.05, 4.69) is 20.4 Å². The van der Waals surface area contributed by atoms with Crippen LogP contribution in [-0.4, -0.2) is 15.1 Å². The molecule has 0 unspecified atom stereocenters. The van der Waals surface area contributed by atoms with Crippen molar-refractivity contribution in [3.05, 3.63) is 59.3 Å². The molecule has 5 nitrogen and oxygen atoms in total. The van der Waals surface area contributed by atoms with Crippen LogP contribution >= 0.6 is 0 Å². The monoisotopic (exact) mass is 324 g/mol. The van der Waals surface area contributed by atoms with Gasteiger partial charge in [0, 0.05) is 24.7 Å². The summed E-state index contributed by atoms with van der Waals surface area (Å²) in [5, 5.41) is 7.10. The third-order valence-corrected chi connectivity index (χ3v) is 4.02. The average molecular weight is 324 g/mol. The Hall–Kier alpha value is -2.76. The second-order valence-corrected chi connectivity index (χ2v) is 6.08. The Morgan fingerprint density at radius 3 is 2.88 bits per heavy atom. The van der Waals surface area contributed by atoms with Gasteiger partial charge in [-0.3, -0.25) is 0 Å². The number of benzene rings is 1. The normalized spacial score (nSPS) is 13.9. The molecule has 1 aromatic carbocycles. The quantitative estimate of drug-likeness (QED) is 0.766. The van der Waals surface area contributed by atoms with Gasteiger partial charge in [-0.05, 0) is 37.5 Å². The minimum atomic E-state index is -0.245. The summed E-state index contributed by atoms with van der Waals surface area (Å²) in [5.74, 6) is 1.44. The first-order valence-corrected chi connectivity index (χ1v) is 7.98. The fourth-order valence-corrected chi connectivity index (χ4v) is 2.66. The molecule has 4 rings (SSSR count). The summed E-state index contributed by atoms with van der Waals surface area (Å²) in [6, 6.07) is 8.38. The van der Waals surface area contributed by atoms with Crippen molar-refractivity contribution in [2.75, 3.05) is 5.32 Å². The van der Waals surface area contributed by atoms with Crippen LogP contribution in [0.2, 0.25) is 0 Å². The number of aryl methyl sites for hydroxylation is 1. The van der Waals surface area contributed by atoms with Crippen LogP contribution in [0.5, 0.6) is 0 Å². The molecule has 1 fully saturated rings. The minimum absolute atomic E-state index is 0.245. The first kappa shape index (κ1) is 14.8. The van der Waals surface area contributed by atoms with Crippen LogP contribution in [0.4, 0.5) is 10.3 Å². The van der Waals surface area contributed by atoms with Gasteiger partial charge in [0.1, 0.15) is 5.82 Å². The molecule has 122 valence electrons. The van der Waals surface area contributed by atoms with E-state index in [4.69, 9.17) is 4.52 Å². The second-order valence-electron chi connectivity index (χ2n) is 6.08. The number of hydrogen-bond donors (Lipinski definition) is 1. The summed E-state index contributed by atoms with van der Waals surface area (Å²) < 4.78 is 18.6. The van der Waals surface area contributed by atoms with Gasteiger partial charge in [0.25, 0.3) is 0 Å². The lowest BCUT2D eigenvalue weighted by atomic mass is 10.1. The maximum Gasteiger partial charge on any atom is 0.223 e. The molecule has 24 heavy (non-hydrogen) atoms. The number of anilines is 1. The topological polar surface area (TPSA) is 63.8 Å². The molecular formula is C18H17FN4O. The summed E-state index contributed by atoms with van der Waals surface area (Å²) in [6.07, 6.45) is 4.02. The predicted molar refractivity (Wildman–Crippen MR) is 88.0 cm³/mol. The highest BCUT2D eigenvalue weighted by Gasteiger charge is 2.29. The molecule has 6 heteroatoms. The highest BCUT2D eigenvalue weighted by molar-refractivity contribution is 5.62. The van der Waals surface area contributed by atoms with Crippen LogP contribution in [0.15, 0.2) is 41.1 Å². The van der Waals surface area contributed by atoms with Crippen LogP contribution < -0.4 is 5.32 Å². The largest absolute Gasteiger partial charge is 0.356 e. The van der Waals surface area contributed by atoms with Crippen molar-refractivity contribution in [3.63, 3.8) is 0 Å². The Balaban J connectivity index is 1.57. The molecule has 0 atom stereocenters. The molecular weight excluding hydrogens is 307 g/mol. The van der Waals surface area contributed by atoms with E-state index in [1.54, 1.807) is 12.3 Å². The van der Waals surface area contributed by atoms with E-state index in [1.807, 2.05) is 19.1 Å². The third kappa shape index (κ3) is 3.13. The molecule has 0 amide bonds. The first-order chi connectivity index (χ1) is 11.7. The number of halogens is 1. The minimum Gasteiger partial charge on any atom is -0.356 e. The summed E-state index contributed by atoms with van der Waals surface area (Å²) in [4.78, 5) is 9.02. The van der Waals surface area contributed by atoms with Gasteiger partial charge in [0.2, 0.25) is 5.95 Å². The molecule has 1 saturated carbocycles. The Labute approximate surface area is 138 Å². The van der Waals surface area contributed by atoms with Crippen molar-refractivity contribution in [2.45, 2.75) is 32.2 Å². The fraction of sp³-hybridized carbons (Fsp3) is 0.278. The molecule has 0 bridgehead atoms. The average Bonchev–Trinajstić information content (AvgIpc) is 3.34. The van der Waals surface area contributed by atoms with E-state index in [0.717, 1.165) is 35.4 Å². The van der Waals surface area contributed by atoms with Gasteiger partial charge in [-0.25, -0.2) is 14.4 Å². The van der Waals surface area contributed by atoms with Gasteiger partial charge in [0.05, 0.1) is 17.0 Å². The Kier molecular flexibility index (Phi) is 3.72. The molecule has 0 radical (unpaired) electrons. The van der Waals surface area contributed by atoms with Crippen molar-refractivity contribution in [3.8, 4) is 11.3 Å². The van der Waals surface area contributed by atoms with Crippen LogP contribution in [0.3, 0.4) is 0 Å². The van der Waals surface area contributed by atoms with Crippen molar-refractivity contribution < 1.29 is 8.91 Å².